The average Bonchev–Trinajstić information content (AvgIpc) is 3.39. The van der Waals surface area contributed by atoms with Crippen molar-refractivity contribution in [3.63, 3.8) is 0 Å². The van der Waals surface area contributed by atoms with Crippen molar-refractivity contribution in [2.45, 2.75) is 26.4 Å². The molecule has 1 aromatic heterocycles. The van der Waals surface area contributed by atoms with Gasteiger partial charge in [-0.25, -0.2) is 9.97 Å². The summed E-state index contributed by atoms with van der Waals surface area (Å²) >= 11 is 0. The van der Waals surface area contributed by atoms with Crippen LogP contribution in [0.4, 0.5) is 11.6 Å². The Balaban J connectivity index is 0.00000304. The third kappa shape index (κ3) is 5.99. The van der Waals surface area contributed by atoms with E-state index in [-0.39, 0.29) is 1.43 Å². The van der Waals surface area contributed by atoms with Crippen molar-refractivity contribution < 1.29 is 15.6 Å². The molecular formula is C28H34N4O3. The molecule has 2 aromatic carbocycles. The smallest absolute Gasteiger partial charge is 0.227 e. The Morgan fingerprint density at radius 1 is 1.09 bits per heavy atom. The van der Waals surface area contributed by atoms with Crippen LogP contribution in [0.3, 0.4) is 0 Å². The fourth-order valence-corrected chi connectivity index (χ4v) is 4.46. The molecule has 0 atom stereocenters. The van der Waals surface area contributed by atoms with Gasteiger partial charge in [0.2, 0.25) is 5.95 Å². The van der Waals surface area contributed by atoms with E-state index in [4.69, 9.17) is 19.2 Å². The molecule has 2 aliphatic heterocycles. The molecule has 35 heavy (non-hydrogen) atoms. The van der Waals surface area contributed by atoms with Crippen molar-refractivity contribution >= 4 is 11.6 Å². The van der Waals surface area contributed by atoms with E-state index in [9.17, 15) is 0 Å². The fraction of sp³-hybridized carbons (Fsp3) is 0.357. The normalized spacial score (nSPS) is 17.2. The molecule has 0 spiro atoms. The lowest BCUT2D eigenvalue weighted by molar-refractivity contribution is 0.144. The second-order valence-corrected chi connectivity index (χ2v) is 8.84. The van der Waals surface area contributed by atoms with E-state index in [0.717, 1.165) is 46.1 Å². The highest BCUT2D eigenvalue weighted by Gasteiger charge is 2.13. The number of rotatable bonds is 4. The summed E-state index contributed by atoms with van der Waals surface area (Å²) in [6.45, 7) is 7.42. The second-order valence-electron chi connectivity index (χ2n) is 8.84. The molecule has 3 heterocycles. The van der Waals surface area contributed by atoms with Gasteiger partial charge in [-0.15, -0.1) is 0 Å². The van der Waals surface area contributed by atoms with Crippen molar-refractivity contribution in [1.82, 2.24) is 14.9 Å². The highest BCUT2D eigenvalue weighted by molar-refractivity contribution is 5.68. The van der Waals surface area contributed by atoms with E-state index >= 15 is 0 Å². The zero-order chi connectivity index (χ0) is 23.9. The molecule has 3 aromatic rings. The number of nitrogens with one attached hydrogen (secondary N) is 1. The number of likely N-dealkylation sites (tertiary alicyclic amines) is 1. The number of fused-ring (bicyclic) bond motifs is 7. The highest BCUT2D eigenvalue weighted by atomic mass is 16.5. The van der Waals surface area contributed by atoms with E-state index < -0.39 is 0 Å². The summed E-state index contributed by atoms with van der Waals surface area (Å²) in [5.41, 5.74) is 4.79. The van der Waals surface area contributed by atoms with Gasteiger partial charge in [0.05, 0.1) is 18.9 Å². The first-order chi connectivity index (χ1) is 17.3. The van der Waals surface area contributed by atoms with E-state index in [1.54, 1.807) is 6.20 Å². The first kappa shape index (κ1) is 23.3. The predicted octanol–water partition coefficient (Wildman–Crippen LogP) is 5.38. The lowest BCUT2D eigenvalue weighted by Crippen LogP contribution is -2.25. The van der Waals surface area contributed by atoms with Crippen LogP contribution >= 0.6 is 0 Å². The summed E-state index contributed by atoms with van der Waals surface area (Å²) in [5.74, 6) is 2.22. The van der Waals surface area contributed by atoms with E-state index in [2.05, 4.69) is 34.3 Å². The van der Waals surface area contributed by atoms with Crippen molar-refractivity contribution in [2.24, 2.45) is 0 Å². The number of aromatic nitrogens is 2. The van der Waals surface area contributed by atoms with Crippen molar-refractivity contribution in [3.05, 3.63) is 71.9 Å². The molecule has 0 saturated carbocycles. The Hall–Kier alpha value is -3.42. The first-order valence-electron chi connectivity index (χ1n) is 12.3. The topological polar surface area (TPSA) is 68.7 Å². The van der Waals surface area contributed by atoms with Crippen LogP contribution in [-0.4, -0.2) is 54.3 Å². The molecule has 184 valence electrons. The van der Waals surface area contributed by atoms with Crippen molar-refractivity contribution in [3.8, 4) is 22.8 Å². The number of hydrogen-bond donors (Lipinski definition) is 1. The van der Waals surface area contributed by atoms with Crippen LogP contribution in [0.2, 0.25) is 0 Å². The molecule has 0 aliphatic carbocycles. The molecule has 1 saturated heterocycles. The Kier molecular flexibility index (Phi) is 7.56. The number of anilines is 2. The summed E-state index contributed by atoms with van der Waals surface area (Å²) in [5, 5.41) is 3.35. The standard InChI is InChI=1S/C28H32N4O3.H2/c1-21-24-7-6-8-26(21)34-17-5-4-16-33-20-22-19-23(30-28-29-12-11-25(24)31-28)9-10-27(22)35-18-15-32-13-2-3-14-32;/h4-12,19H,2-3,13-18,20H2,1H3,(H,29,30,31);1H/b5-4+;. The third-order valence-electron chi connectivity index (χ3n) is 6.37. The quantitative estimate of drug-likeness (QED) is 0.509. The Morgan fingerprint density at radius 3 is 2.89 bits per heavy atom. The summed E-state index contributed by atoms with van der Waals surface area (Å²) in [7, 11) is 0. The second kappa shape index (κ2) is 11.3. The van der Waals surface area contributed by atoms with Gasteiger partial charge in [-0.1, -0.05) is 18.2 Å². The molecule has 0 unspecified atom stereocenters. The SMILES string of the molecule is Cc1c2cccc1-c1ccnc(n1)Nc1ccc(OCCN3CCCC3)c(c1)COC/C=C/CO2.[HH]. The van der Waals surface area contributed by atoms with Gasteiger partial charge in [-0.05, 0) is 69.3 Å². The molecule has 7 heteroatoms. The Labute approximate surface area is 208 Å². The minimum Gasteiger partial charge on any atom is -0.492 e. The van der Waals surface area contributed by atoms with E-state index in [1.807, 2.05) is 42.5 Å². The van der Waals surface area contributed by atoms with Crippen LogP contribution in [-0.2, 0) is 11.3 Å². The first-order valence-corrected chi connectivity index (χ1v) is 12.3. The number of ether oxygens (including phenoxy) is 3. The molecule has 2 aliphatic rings. The van der Waals surface area contributed by atoms with Gasteiger partial charge in [0.15, 0.2) is 0 Å². The molecule has 7 nitrogen and oxygen atoms in total. The van der Waals surface area contributed by atoms with E-state index in [0.29, 0.717) is 32.4 Å². The zero-order valence-electron chi connectivity index (χ0n) is 20.2. The van der Waals surface area contributed by atoms with Gasteiger partial charge in [0.25, 0.3) is 0 Å². The summed E-state index contributed by atoms with van der Waals surface area (Å²) in [6.07, 6.45) is 8.31. The van der Waals surface area contributed by atoms with Crippen LogP contribution in [0.25, 0.3) is 11.3 Å². The van der Waals surface area contributed by atoms with Crippen LogP contribution in [0, 0.1) is 6.92 Å². The summed E-state index contributed by atoms with van der Waals surface area (Å²) in [6, 6.07) is 14.0. The van der Waals surface area contributed by atoms with Crippen LogP contribution in [0.5, 0.6) is 11.5 Å². The predicted molar refractivity (Wildman–Crippen MR) is 140 cm³/mol. The van der Waals surface area contributed by atoms with Gasteiger partial charge >= 0.3 is 0 Å². The Bertz CT molecular complexity index is 1180. The van der Waals surface area contributed by atoms with Crippen molar-refractivity contribution in [2.75, 3.05) is 44.8 Å². The lowest BCUT2D eigenvalue weighted by Gasteiger charge is -2.17. The largest absolute Gasteiger partial charge is 0.492 e. The maximum atomic E-state index is 6.17. The maximum absolute atomic E-state index is 6.17. The number of nitrogens with zero attached hydrogens (tertiary/aromatic N) is 3. The molecule has 0 radical (unpaired) electrons. The maximum Gasteiger partial charge on any atom is 0.227 e. The zero-order valence-corrected chi connectivity index (χ0v) is 20.2. The summed E-state index contributed by atoms with van der Waals surface area (Å²) in [4.78, 5) is 11.7. The Morgan fingerprint density at radius 2 is 1.97 bits per heavy atom. The van der Waals surface area contributed by atoms with Crippen LogP contribution < -0.4 is 14.8 Å². The molecular weight excluding hydrogens is 440 g/mol. The van der Waals surface area contributed by atoms with Gasteiger partial charge in [0, 0.05) is 36.5 Å². The van der Waals surface area contributed by atoms with Gasteiger partial charge in [-0.3, -0.25) is 4.90 Å². The average molecular weight is 475 g/mol. The number of hydrogen-bond acceptors (Lipinski definition) is 7. The van der Waals surface area contributed by atoms with Gasteiger partial charge in [-0.2, -0.15) is 0 Å². The molecule has 6 bridgehead atoms. The monoisotopic (exact) mass is 474 g/mol. The van der Waals surface area contributed by atoms with Crippen LogP contribution in [0.1, 0.15) is 25.4 Å². The van der Waals surface area contributed by atoms with Gasteiger partial charge in [0.1, 0.15) is 24.7 Å². The fourth-order valence-electron chi connectivity index (χ4n) is 4.46. The summed E-state index contributed by atoms with van der Waals surface area (Å²) < 4.78 is 18.1. The van der Waals surface area contributed by atoms with E-state index in [1.165, 1.54) is 25.9 Å². The van der Waals surface area contributed by atoms with Gasteiger partial charge < -0.3 is 19.5 Å². The third-order valence-corrected chi connectivity index (χ3v) is 6.37. The molecule has 1 fully saturated rings. The molecule has 5 rings (SSSR count). The minimum absolute atomic E-state index is 0. The highest BCUT2D eigenvalue weighted by Crippen LogP contribution is 2.30. The lowest BCUT2D eigenvalue weighted by atomic mass is 10.0. The molecule has 0 amide bonds. The molecule has 1 N–H and O–H groups in total. The minimum atomic E-state index is 0. The number of benzene rings is 2. The van der Waals surface area contributed by atoms with Crippen molar-refractivity contribution in [1.29, 1.82) is 0 Å². The van der Waals surface area contributed by atoms with Crippen LogP contribution in [0.15, 0.2) is 60.8 Å².